The summed E-state index contributed by atoms with van der Waals surface area (Å²) in [6.45, 7) is 0. The molecule has 78 valence electrons. The maximum Gasteiger partial charge on any atom is 0.121 e. The fourth-order valence-corrected chi connectivity index (χ4v) is 1.48. The van der Waals surface area contributed by atoms with E-state index in [1.165, 1.54) is 0 Å². The van der Waals surface area contributed by atoms with Crippen LogP contribution in [0.25, 0.3) is 11.3 Å². The summed E-state index contributed by atoms with van der Waals surface area (Å²) in [7, 11) is 1.65. The highest BCUT2D eigenvalue weighted by molar-refractivity contribution is 6.16. The molecule has 1 heterocycles. The number of hydrogen-bond acceptors (Lipinski definition) is 2. The van der Waals surface area contributed by atoms with Crippen LogP contribution in [-0.2, 0) is 5.88 Å². The molecule has 2 rings (SSSR count). The number of H-pyrrole nitrogens is 1. The van der Waals surface area contributed by atoms with E-state index in [0.717, 1.165) is 22.8 Å². The number of nitrogens with one attached hydrogen (secondary N) is 1. The molecule has 0 fully saturated rings. The van der Waals surface area contributed by atoms with Crippen LogP contribution < -0.4 is 4.74 Å². The first-order valence-electron chi connectivity index (χ1n) is 4.58. The number of imidazole rings is 1. The van der Waals surface area contributed by atoms with Gasteiger partial charge in [-0.15, -0.1) is 11.6 Å². The Hall–Kier alpha value is -1.48. The second-order valence-electron chi connectivity index (χ2n) is 3.11. The number of benzene rings is 1. The molecule has 3 nitrogen and oxygen atoms in total. The predicted molar refractivity (Wildman–Crippen MR) is 60.1 cm³/mol. The average molecular weight is 223 g/mol. The number of hydrogen-bond donors (Lipinski definition) is 1. The number of aromatic nitrogens is 2. The Labute approximate surface area is 93.1 Å². The van der Waals surface area contributed by atoms with Crippen LogP contribution in [0.2, 0.25) is 0 Å². The van der Waals surface area contributed by atoms with Crippen LogP contribution in [0.3, 0.4) is 0 Å². The van der Waals surface area contributed by atoms with Gasteiger partial charge in [0.25, 0.3) is 0 Å². The van der Waals surface area contributed by atoms with Gasteiger partial charge in [-0.25, -0.2) is 4.98 Å². The van der Waals surface area contributed by atoms with Gasteiger partial charge in [-0.2, -0.15) is 0 Å². The molecule has 4 heteroatoms. The molecule has 1 aromatic heterocycles. The van der Waals surface area contributed by atoms with Crippen molar-refractivity contribution < 1.29 is 4.74 Å². The highest BCUT2D eigenvalue weighted by atomic mass is 35.5. The lowest BCUT2D eigenvalue weighted by Crippen LogP contribution is -1.83. The second kappa shape index (κ2) is 4.36. The zero-order valence-electron chi connectivity index (χ0n) is 8.33. The maximum absolute atomic E-state index is 5.66. The Morgan fingerprint density at radius 3 is 2.60 bits per heavy atom. The van der Waals surface area contributed by atoms with Crippen molar-refractivity contribution in [2.75, 3.05) is 7.11 Å². The van der Waals surface area contributed by atoms with Gasteiger partial charge in [-0.1, -0.05) is 0 Å². The molecule has 0 amide bonds. The number of halogens is 1. The molecule has 0 atom stereocenters. The minimum Gasteiger partial charge on any atom is -0.497 e. The van der Waals surface area contributed by atoms with E-state index in [0.29, 0.717) is 5.88 Å². The van der Waals surface area contributed by atoms with Gasteiger partial charge in [-0.05, 0) is 29.8 Å². The first-order chi connectivity index (χ1) is 7.33. The second-order valence-corrected chi connectivity index (χ2v) is 3.37. The standard InChI is InChI=1S/C11H11ClN2O/c1-15-9-4-2-8(3-5-9)10-7-13-11(6-12)14-10/h2-5,7H,6H2,1H3,(H,13,14). The summed E-state index contributed by atoms with van der Waals surface area (Å²) in [5.74, 6) is 2.02. The summed E-state index contributed by atoms with van der Waals surface area (Å²) in [5.41, 5.74) is 2.04. The van der Waals surface area contributed by atoms with E-state index in [1.54, 1.807) is 13.3 Å². The molecule has 0 spiro atoms. The van der Waals surface area contributed by atoms with Crippen LogP contribution in [0.1, 0.15) is 5.82 Å². The Morgan fingerprint density at radius 1 is 1.33 bits per heavy atom. The van der Waals surface area contributed by atoms with Crippen molar-refractivity contribution in [1.29, 1.82) is 0 Å². The fourth-order valence-electron chi connectivity index (χ4n) is 1.35. The smallest absolute Gasteiger partial charge is 0.121 e. The van der Waals surface area contributed by atoms with E-state index in [1.807, 2.05) is 24.3 Å². The largest absolute Gasteiger partial charge is 0.497 e. The third kappa shape index (κ3) is 2.13. The van der Waals surface area contributed by atoms with E-state index in [-0.39, 0.29) is 0 Å². The van der Waals surface area contributed by atoms with E-state index < -0.39 is 0 Å². The molecule has 1 aromatic carbocycles. The lowest BCUT2D eigenvalue weighted by molar-refractivity contribution is 0.415. The summed E-state index contributed by atoms with van der Waals surface area (Å²) in [6.07, 6.45) is 1.78. The van der Waals surface area contributed by atoms with Gasteiger partial charge in [0.15, 0.2) is 0 Å². The number of nitrogens with zero attached hydrogens (tertiary/aromatic N) is 1. The Morgan fingerprint density at radius 2 is 2.07 bits per heavy atom. The van der Waals surface area contributed by atoms with E-state index in [2.05, 4.69) is 9.97 Å². The SMILES string of the molecule is COc1ccc(-c2cnc(CCl)[nH]2)cc1. The molecule has 0 radical (unpaired) electrons. The molecule has 0 aliphatic carbocycles. The molecular weight excluding hydrogens is 212 g/mol. The molecular formula is C11H11ClN2O. The van der Waals surface area contributed by atoms with E-state index in [9.17, 15) is 0 Å². The molecule has 0 aliphatic heterocycles. The maximum atomic E-state index is 5.66. The number of methoxy groups -OCH3 is 1. The predicted octanol–water partition coefficient (Wildman–Crippen LogP) is 2.82. The molecule has 2 aromatic rings. The number of aromatic amines is 1. The normalized spacial score (nSPS) is 10.3. The summed E-state index contributed by atoms with van der Waals surface area (Å²) in [4.78, 5) is 7.27. The summed E-state index contributed by atoms with van der Waals surface area (Å²) in [5, 5.41) is 0. The van der Waals surface area contributed by atoms with Crippen LogP contribution in [-0.4, -0.2) is 17.1 Å². The fraction of sp³-hybridized carbons (Fsp3) is 0.182. The number of ether oxygens (including phenoxy) is 1. The number of alkyl halides is 1. The molecule has 0 unspecified atom stereocenters. The quantitative estimate of drug-likeness (QED) is 0.811. The van der Waals surface area contributed by atoms with Gasteiger partial charge in [0, 0.05) is 0 Å². The van der Waals surface area contributed by atoms with Crippen LogP contribution in [0.4, 0.5) is 0 Å². The van der Waals surface area contributed by atoms with Gasteiger partial charge in [-0.3, -0.25) is 0 Å². The van der Waals surface area contributed by atoms with Crippen molar-refractivity contribution in [2.45, 2.75) is 5.88 Å². The lowest BCUT2D eigenvalue weighted by Gasteiger charge is -2.00. The van der Waals surface area contributed by atoms with Gasteiger partial charge in [0.2, 0.25) is 0 Å². The van der Waals surface area contributed by atoms with E-state index >= 15 is 0 Å². The van der Waals surface area contributed by atoms with Gasteiger partial charge >= 0.3 is 0 Å². The molecule has 0 bridgehead atoms. The van der Waals surface area contributed by atoms with Gasteiger partial charge in [0.05, 0.1) is 24.9 Å². The first kappa shape index (κ1) is 10.1. The first-order valence-corrected chi connectivity index (χ1v) is 5.11. The molecule has 0 aliphatic rings. The van der Waals surface area contributed by atoms with Crippen molar-refractivity contribution in [3.8, 4) is 17.0 Å². The minimum absolute atomic E-state index is 0.399. The summed E-state index contributed by atoms with van der Waals surface area (Å²) in [6, 6.07) is 7.78. The van der Waals surface area contributed by atoms with Crippen molar-refractivity contribution in [3.05, 3.63) is 36.3 Å². The van der Waals surface area contributed by atoms with E-state index in [4.69, 9.17) is 16.3 Å². The minimum atomic E-state index is 0.399. The van der Waals surface area contributed by atoms with Crippen molar-refractivity contribution in [3.63, 3.8) is 0 Å². The zero-order chi connectivity index (χ0) is 10.7. The Balaban J connectivity index is 2.28. The average Bonchev–Trinajstić information content (AvgIpc) is 2.78. The van der Waals surface area contributed by atoms with Crippen LogP contribution in [0.5, 0.6) is 5.75 Å². The van der Waals surface area contributed by atoms with Crippen molar-refractivity contribution in [1.82, 2.24) is 9.97 Å². The topological polar surface area (TPSA) is 37.9 Å². The summed E-state index contributed by atoms with van der Waals surface area (Å²) < 4.78 is 5.08. The molecule has 0 saturated carbocycles. The monoisotopic (exact) mass is 222 g/mol. The van der Waals surface area contributed by atoms with Crippen molar-refractivity contribution in [2.24, 2.45) is 0 Å². The molecule has 0 saturated heterocycles. The lowest BCUT2D eigenvalue weighted by atomic mass is 10.2. The number of rotatable bonds is 3. The van der Waals surface area contributed by atoms with Gasteiger partial charge < -0.3 is 9.72 Å². The van der Waals surface area contributed by atoms with Crippen molar-refractivity contribution >= 4 is 11.6 Å². The van der Waals surface area contributed by atoms with Crippen LogP contribution in [0, 0.1) is 0 Å². The third-order valence-electron chi connectivity index (χ3n) is 2.16. The highest BCUT2D eigenvalue weighted by Crippen LogP contribution is 2.20. The van der Waals surface area contributed by atoms with Crippen LogP contribution in [0.15, 0.2) is 30.5 Å². The van der Waals surface area contributed by atoms with Crippen LogP contribution >= 0.6 is 11.6 Å². The zero-order valence-corrected chi connectivity index (χ0v) is 9.08. The van der Waals surface area contributed by atoms with Gasteiger partial charge in [0.1, 0.15) is 11.6 Å². The third-order valence-corrected chi connectivity index (χ3v) is 2.41. The Bertz CT molecular complexity index is 436. The molecule has 1 N–H and O–H groups in total. The highest BCUT2D eigenvalue weighted by Gasteiger charge is 2.02. The Kier molecular flexibility index (Phi) is 2.92. The summed E-state index contributed by atoms with van der Waals surface area (Å²) >= 11 is 5.66. The molecule has 15 heavy (non-hydrogen) atoms.